The van der Waals surface area contributed by atoms with Gasteiger partial charge in [0.15, 0.2) is 0 Å². The van der Waals surface area contributed by atoms with E-state index in [1.807, 2.05) is 32.2 Å². The van der Waals surface area contributed by atoms with Gasteiger partial charge in [0, 0.05) is 36.6 Å². The first-order valence-corrected chi connectivity index (χ1v) is 8.10. The van der Waals surface area contributed by atoms with Crippen molar-refractivity contribution < 1.29 is 4.39 Å². The molecule has 1 aromatic carbocycles. The molecule has 0 bridgehead atoms. The summed E-state index contributed by atoms with van der Waals surface area (Å²) >= 11 is 0. The predicted molar refractivity (Wildman–Crippen MR) is 89.7 cm³/mol. The van der Waals surface area contributed by atoms with Gasteiger partial charge in [0.25, 0.3) is 0 Å². The van der Waals surface area contributed by atoms with Crippen molar-refractivity contribution in [2.45, 2.75) is 45.7 Å². The van der Waals surface area contributed by atoms with E-state index in [1.54, 1.807) is 23.0 Å². The fourth-order valence-electron chi connectivity index (χ4n) is 2.85. The van der Waals surface area contributed by atoms with Gasteiger partial charge < -0.3 is 10.6 Å². The number of nitrogens with one attached hydrogen (secondary N) is 2. The molecule has 1 aromatic heterocycles. The van der Waals surface area contributed by atoms with E-state index in [-0.39, 0.29) is 11.9 Å². The molecular weight excluding hydrogens is 291 g/mol. The molecule has 23 heavy (non-hydrogen) atoms. The molecule has 2 heterocycles. The Morgan fingerprint density at radius 2 is 2.26 bits per heavy atom. The number of aryl methyl sites for hydroxylation is 1. The van der Waals surface area contributed by atoms with Crippen LogP contribution in [0.1, 0.15) is 44.0 Å². The third-order valence-corrected chi connectivity index (χ3v) is 4.30. The molecule has 4 nitrogen and oxygen atoms in total. The first-order chi connectivity index (χ1) is 11.1. The summed E-state index contributed by atoms with van der Waals surface area (Å²) in [5.41, 5.74) is 3.45. The molecule has 1 aliphatic heterocycles. The van der Waals surface area contributed by atoms with Gasteiger partial charge in [0.2, 0.25) is 0 Å². The first-order valence-electron chi connectivity index (χ1n) is 8.10. The molecule has 0 radical (unpaired) electrons. The maximum absolute atomic E-state index is 14.4. The standard InChI is InChI=1S/C18H23FN4/c1-4-15-10-16(11-20-15)21-13(3)14-5-6-18(17(19)9-14)23-8-7-12(2)22-23/h5-9,11,13,15,20-21H,4,10H2,1-3H3/t13?,15-/m0/s1. The molecule has 122 valence electrons. The molecule has 2 atom stereocenters. The second-order valence-corrected chi connectivity index (χ2v) is 6.12. The van der Waals surface area contributed by atoms with Crippen LogP contribution in [0.2, 0.25) is 0 Å². The fourth-order valence-corrected chi connectivity index (χ4v) is 2.85. The van der Waals surface area contributed by atoms with E-state index < -0.39 is 0 Å². The largest absolute Gasteiger partial charge is 0.386 e. The minimum Gasteiger partial charge on any atom is -0.386 e. The summed E-state index contributed by atoms with van der Waals surface area (Å²) in [6.45, 7) is 6.11. The van der Waals surface area contributed by atoms with Crippen molar-refractivity contribution in [1.82, 2.24) is 20.4 Å². The van der Waals surface area contributed by atoms with Crippen molar-refractivity contribution in [3.63, 3.8) is 0 Å². The Labute approximate surface area is 136 Å². The summed E-state index contributed by atoms with van der Waals surface area (Å²) in [5.74, 6) is -0.260. The van der Waals surface area contributed by atoms with Crippen LogP contribution in [0.25, 0.3) is 5.69 Å². The van der Waals surface area contributed by atoms with Crippen molar-refractivity contribution >= 4 is 0 Å². The lowest BCUT2D eigenvalue weighted by Crippen LogP contribution is -2.20. The molecule has 5 heteroatoms. The molecule has 0 fully saturated rings. The molecule has 2 N–H and O–H groups in total. The monoisotopic (exact) mass is 314 g/mol. The lowest BCUT2D eigenvalue weighted by atomic mass is 10.1. The Hall–Kier alpha value is -2.30. The average molecular weight is 314 g/mol. The zero-order chi connectivity index (χ0) is 16.4. The molecule has 0 spiro atoms. The van der Waals surface area contributed by atoms with Gasteiger partial charge in [-0.25, -0.2) is 9.07 Å². The number of benzene rings is 1. The van der Waals surface area contributed by atoms with E-state index in [9.17, 15) is 4.39 Å². The summed E-state index contributed by atoms with van der Waals surface area (Å²) in [6, 6.07) is 7.75. The van der Waals surface area contributed by atoms with Crippen LogP contribution in [0.15, 0.2) is 42.4 Å². The second-order valence-electron chi connectivity index (χ2n) is 6.12. The fraction of sp³-hybridized carbons (Fsp3) is 0.389. The topological polar surface area (TPSA) is 41.9 Å². The quantitative estimate of drug-likeness (QED) is 0.886. The highest BCUT2D eigenvalue weighted by molar-refractivity contribution is 5.37. The normalized spacial score (nSPS) is 18.4. The Balaban J connectivity index is 1.72. The van der Waals surface area contributed by atoms with E-state index in [4.69, 9.17) is 0 Å². The Morgan fingerprint density at radius 3 is 2.87 bits per heavy atom. The summed E-state index contributed by atoms with van der Waals surface area (Å²) < 4.78 is 16.0. The van der Waals surface area contributed by atoms with Crippen LogP contribution in [0.3, 0.4) is 0 Å². The molecule has 1 unspecified atom stereocenters. The molecule has 0 amide bonds. The van der Waals surface area contributed by atoms with E-state index >= 15 is 0 Å². The maximum atomic E-state index is 14.4. The first kappa shape index (κ1) is 15.6. The average Bonchev–Trinajstić information content (AvgIpc) is 3.16. The van der Waals surface area contributed by atoms with Crippen molar-refractivity contribution in [2.24, 2.45) is 0 Å². The third-order valence-electron chi connectivity index (χ3n) is 4.30. The van der Waals surface area contributed by atoms with Crippen LogP contribution in [-0.4, -0.2) is 15.8 Å². The lowest BCUT2D eigenvalue weighted by Gasteiger charge is -2.17. The van der Waals surface area contributed by atoms with Crippen LogP contribution >= 0.6 is 0 Å². The molecule has 2 aromatic rings. The predicted octanol–water partition coefficient (Wildman–Crippen LogP) is 3.58. The number of hydrogen-bond donors (Lipinski definition) is 2. The maximum Gasteiger partial charge on any atom is 0.149 e. The lowest BCUT2D eigenvalue weighted by molar-refractivity contribution is 0.566. The highest BCUT2D eigenvalue weighted by Crippen LogP contribution is 2.22. The highest BCUT2D eigenvalue weighted by atomic mass is 19.1. The second kappa shape index (κ2) is 6.44. The number of aromatic nitrogens is 2. The molecular formula is C18H23FN4. The molecule has 0 saturated heterocycles. The van der Waals surface area contributed by atoms with E-state index in [0.29, 0.717) is 11.7 Å². The Kier molecular flexibility index (Phi) is 4.37. The van der Waals surface area contributed by atoms with Crippen molar-refractivity contribution in [2.75, 3.05) is 0 Å². The number of halogens is 1. The molecule has 0 saturated carbocycles. The van der Waals surface area contributed by atoms with Gasteiger partial charge in [-0.2, -0.15) is 5.10 Å². The molecule has 0 aliphatic carbocycles. The smallest absolute Gasteiger partial charge is 0.149 e. The third kappa shape index (κ3) is 3.38. The van der Waals surface area contributed by atoms with Crippen molar-refractivity contribution in [1.29, 1.82) is 0 Å². The van der Waals surface area contributed by atoms with Gasteiger partial charge in [-0.15, -0.1) is 0 Å². The van der Waals surface area contributed by atoms with Gasteiger partial charge in [-0.1, -0.05) is 13.0 Å². The van der Waals surface area contributed by atoms with Gasteiger partial charge in [0.05, 0.1) is 5.69 Å². The highest BCUT2D eigenvalue weighted by Gasteiger charge is 2.17. The summed E-state index contributed by atoms with van der Waals surface area (Å²) in [4.78, 5) is 0. The summed E-state index contributed by atoms with van der Waals surface area (Å²) in [7, 11) is 0. The number of nitrogens with zero attached hydrogens (tertiary/aromatic N) is 2. The summed E-state index contributed by atoms with van der Waals surface area (Å²) in [5, 5.41) is 11.1. The Bertz CT molecular complexity index is 720. The molecule has 3 rings (SSSR count). The summed E-state index contributed by atoms with van der Waals surface area (Å²) in [6.07, 6.45) is 5.90. The Morgan fingerprint density at radius 1 is 1.43 bits per heavy atom. The van der Waals surface area contributed by atoms with Crippen LogP contribution in [0.4, 0.5) is 4.39 Å². The van der Waals surface area contributed by atoms with Gasteiger partial charge in [-0.3, -0.25) is 0 Å². The van der Waals surface area contributed by atoms with Crippen molar-refractivity contribution in [3.05, 3.63) is 59.4 Å². The number of rotatable bonds is 5. The zero-order valence-electron chi connectivity index (χ0n) is 13.8. The zero-order valence-corrected chi connectivity index (χ0v) is 13.8. The minimum absolute atomic E-state index is 0.0570. The van der Waals surface area contributed by atoms with Crippen LogP contribution in [0, 0.1) is 12.7 Å². The van der Waals surface area contributed by atoms with Crippen LogP contribution in [-0.2, 0) is 0 Å². The number of hydrogen-bond acceptors (Lipinski definition) is 3. The van der Waals surface area contributed by atoms with E-state index in [0.717, 1.165) is 24.1 Å². The SMILES string of the molecule is CC[C@H]1CC(NC(C)c2ccc(-n3ccc(C)n3)c(F)c2)=CN1. The van der Waals surface area contributed by atoms with Gasteiger partial charge in [-0.05, 0) is 44.0 Å². The van der Waals surface area contributed by atoms with E-state index in [2.05, 4.69) is 22.7 Å². The minimum atomic E-state index is -0.260. The van der Waals surface area contributed by atoms with E-state index in [1.165, 1.54) is 5.70 Å². The molecule has 1 aliphatic rings. The van der Waals surface area contributed by atoms with Crippen LogP contribution in [0.5, 0.6) is 0 Å². The van der Waals surface area contributed by atoms with Gasteiger partial charge in [0.1, 0.15) is 11.5 Å². The van der Waals surface area contributed by atoms with Crippen molar-refractivity contribution in [3.8, 4) is 5.69 Å². The van der Waals surface area contributed by atoms with Crippen LogP contribution < -0.4 is 10.6 Å². The van der Waals surface area contributed by atoms with Gasteiger partial charge >= 0.3 is 0 Å².